The number of nitrogens with one attached hydrogen (secondary N) is 1. The van der Waals surface area contributed by atoms with Crippen LogP contribution in [0, 0.1) is 6.92 Å². The Kier molecular flexibility index (Phi) is 9.33. The second kappa shape index (κ2) is 12.0. The summed E-state index contributed by atoms with van der Waals surface area (Å²) in [7, 11) is 0. The van der Waals surface area contributed by atoms with E-state index in [9.17, 15) is 9.59 Å². The van der Waals surface area contributed by atoms with Gasteiger partial charge in [0.2, 0.25) is 11.8 Å². The van der Waals surface area contributed by atoms with Crippen molar-refractivity contribution in [3.8, 4) is 0 Å². The molecule has 4 nitrogen and oxygen atoms in total. The molecule has 0 radical (unpaired) electrons. The number of hydrogen-bond donors (Lipinski definition) is 1. The highest BCUT2D eigenvalue weighted by atomic mass is 35.5. The van der Waals surface area contributed by atoms with Crippen molar-refractivity contribution in [2.45, 2.75) is 63.9 Å². The molecule has 0 bridgehead atoms. The number of nitrogens with zero attached hydrogens (tertiary/aromatic N) is 1. The number of carbonyl (C=O) groups is 2. The van der Waals surface area contributed by atoms with Crippen LogP contribution in [0.5, 0.6) is 0 Å². The maximum atomic E-state index is 13.2. The molecule has 0 saturated heterocycles. The summed E-state index contributed by atoms with van der Waals surface area (Å²) in [5.74, 6) is 0.841. The average Bonchev–Trinajstić information content (AvgIpc) is 3.25. The van der Waals surface area contributed by atoms with E-state index in [0.717, 1.165) is 37.0 Å². The van der Waals surface area contributed by atoms with E-state index in [4.69, 9.17) is 23.2 Å². The third-order valence-electron chi connectivity index (χ3n) is 5.80. The molecule has 2 aromatic carbocycles. The summed E-state index contributed by atoms with van der Waals surface area (Å²) in [6, 6.07) is 13.1. The Balaban J connectivity index is 1.69. The Morgan fingerprint density at radius 3 is 2.59 bits per heavy atom. The number of carbonyl (C=O) groups excluding carboxylic acids is 2. The van der Waals surface area contributed by atoms with Crippen LogP contribution in [0.25, 0.3) is 0 Å². The summed E-state index contributed by atoms with van der Waals surface area (Å²) < 4.78 is 0. The van der Waals surface area contributed by atoms with Gasteiger partial charge in [-0.1, -0.05) is 71.9 Å². The molecule has 172 valence electrons. The summed E-state index contributed by atoms with van der Waals surface area (Å²) in [6.45, 7) is 4.11. The molecule has 2 amide bonds. The number of amides is 2. The molecule has 7 heteroatoms. The maximum Gasteiger partial charge on any atom is 0.242 e. The van der Waals surface area contributed by atoms with Gasteiger partial charge in [-0.05, 0) is 49.9 Å². The van der Waals surface area contributed by atoms with Crippen LogP contribution in [-0.4, -0.2) is 34.6 Å². The largest absolute Gasteiger partial charge is 0.352 e. The SMILES string of the molecule is Cc1cccc(CSCC(=O)N(Cc2ccc(Cl)cc2Cl)C(C)C(=O)NC2CCCC2)c1. The molecule has 1 unspecified atom stereocenters. The zero-order valence-corrected chi connectivity index (χ0v) is 20.9. The average molecular weight is 494 g/mol. The normalized spacial score (nSPS) is 14.9. The van der Waals surface area contributed by atoms with Crippen molar-refractivity contribution in [2.75, 3.05) is 5.75 Å². The van der Waals surface area contributed by atoms with Gasteiger partial charge in [0.25, 0.3) is 0 Å². The van der Waals surface area contributed by atoms with Crippen molar-refractivity contribution in [3.05, 3.63) is 69.2 Å². The third-order valence-corrected chi connectivity index (χ3v) is 7.38. The van der Waals surface area contributed by atoms with Crippen LogP contribution in [0.4, 0.5) is 0 Å². The minimum absolute atomic E-state index is 0.0808. The number of halogens is 2. The molecule has 1 aliphatic carbocycles. The van der Waals surface area contributed by atoms with Gasteiger partial charge in [0, 0.05) is 28.4 Å². The summed E-state index contributed by atoms with van der Waals surface area (Å²) in [5, 5.41) is 4.15. The summed E-state index contributed by atoms with van der Waals surface area (Å²) >= 11 is 14.0. The van der Waals surface area contributed by atoms with Crippen molar-refractivity contribution < 1.29 is 9.59 Å². The van der Waals surface area contributed by atoms with E-state index in [1.54, 1.807) is 35.7 Å². The first-order valence-electron chi connectivity index (χ1n) is 11.0. The lowest BCUT2D eigenvalue weighted by Crippen LogP contribution is -2.50. The van der Waals surface area contributed by atoms with Crippen LogP contribution in [-0.2, 0) is 21.9 Å². The van der Waals surface area contributed by atoms with E-state index >= 15 is 0 Å². The minimum Gasteiger partial charge on any atom is -0.352 e. The minimum atomic E-state index is -0.589. The van der Waals surface area contributed by atoms with Crippen LogP contribution in [0.2, 0.25) is 10.0 Å². The van der Waals surface area contributed by atoms with Gasteiger partial charge >= 0.3 is 0 Å². The summed E-state index contributed by atoms with van der Waals surface area (Å²) in [4.78, 5) is 27.8. The predicted molar refractivity (Wildman–Crippen MR) is 134 cm³/mol. The number of hydrogen-bond acceptors (Lipinski definition) is 3. The fourth-order valence-corrected chi connectivity index (χ4v) is 5.28. The zero-order chi connectivity index (χ0) is 23.1. The third kappa shape index (κ3) is 7.16. The monoisotopic (exact) mass is 492 g/mol. The van der Waals surface area contributed by atoms with E-state index in [0.29, 0.717) is 15.8 Å². The van der Waals surface area contributed by atoms with Crippen molar-refractivity contribution in [1.82, 2.24) is 10.2 Å². The lowest BCUT2D eigenvalue weighted by atomic mass is 10.1. The van der Waals surface area contributed by atoms with Crippen LogP contribution in [0.3, 0.4) is 0 Å². The van der Waals surface area contributed by atoms with Gasteiger partial charge in [-0.25, -0.2) is 0 Å². The van der Waals surface area contributed by atoms with E-state index in [-0.39, 0.29) is 24.4 Å². The van der Waals surface area contributed by atoms with Crippen LogP contribution >= 0.6 is 35.0 Å². The van der Waals surface area contributed by atoms with E-state index < -0.39 is 6.04 Å². The highest BCUT2D eigenvalue weighted by Crippen LogP contribution is 2.24. The first-order valence-corrected chi connectivity index (χ1v) is 12.9. The molecule has 0 spiro atoms. The second-order valence-electron chi connectivity index (χ2n) is 8.41. The number of thioether (sulfide) groups is 1. The van der Waals surface area contributed by atoms with Gasteiger partial charge in [-0.15, -0.1) is 11.8 Å². The van der Waals surface area contributed by atoms with Gasteiger partial charge in [0.05, 0.1) is 5.75 Å². The molecular formula is C25H30Cl2N2O2S. The molecule has 1 fully saturated rings. The summed E-state index contributed by atoms with van der Waals surface area (Å²) in [5.41, 5.74) is 3.15. The molecule has 3 rings (SSSR count). The lowest BCUT2D eigenvalue weighted by molar-refractivity contribution is -0.138. The quantitative estimate of drug-likeness (QED) is 0.466. The first kappa shape index (κ1) is 24.9. The van der Waals surface area contributed by atoms with E-state index in [1.807, 2.05) is 12.1 Å². The maximum absolute atomic E-state index is 13.2. The number of rotatable bonds is 9. The van der Waals surface area contributed by atoms with Gasteiger partial charge in [0.15, 0.2) is 0 Å². The van der Waals surface area contributed by atoms with Gasteiger partial charge in [0.1, 0.15) is 6.04 Å². The Labute approximate surface area is 205 Å². The van der Waals surface area contributed by atoms with E-state index in [2.05, 4.69) is 30.4 Å². The standard InChI is InChI=1S/C25H30Cl2N2O2S/c1-17-6-5-7-19(12-17)15-32-16-24(30)29(14-20-10-11-21(26)13-23(20)27)18(2)25(31)28-22-8-3-4-9-22/h5-7,10-13,18,22H,3-4,8-9,14-16H2,1-2H3,(H,28,31). The van der Waals surface area contributed by atoms with Crippen molar-refractivity contribution in [3.63, 3.8) is 0 Å². The smallest absolute Gasteiger partial charge is 0.242 e. The van der Waals surface area contributed by atoms with Gasteiger partial charge in [-0.3, -0.25) is 9.59 Å². The molecule has 1 atom stereocenters. The molecule has 0 heterocycles. The highest BCUT2D eigenvalue weighted by Gasteiger charge is 2.28. The van der Waals surface area contributed by atoms with E-state index in [1.165, 1.54) is 11.1 Å². The highest BCUT2D eigenvalue weighted by molar-refractivity contribution is 7.99. The second-order valence-corrected chi connectivity index (χ2v) is 10.2. The fraction of sp³-hybridized carbons (Fsp3) is 0.440. The topological polar surface area (TPSA) is 49.4 Å². The summed E-state index contributed by atoms with van der Waals surface area (Å²) in [6.07, 6.45) is 4.28. The fourth-order valence-electron chi connectivity index (χ4n) is 3.95. The first-order chi connectivity index (χ1) is 15.3. The lowest BCUT2D eigenvalue weighted by Gasteiger charge is -2.30. The van der Waals surface area contributed by atoms with Crippen molar-refractivity contribution in [1.29, 1.82) is 0 Å². The molecule has 0 aromatic heterocycles. The zero-order valence-electron chi connectivity index (χ0n) is 18.6. The Bertz CT molecular complexity index is 947. The number of benzene rings is 2. The molecule has 1 saturated carbocycles. The Morgan fingerprint density at radius 1 is 1.16 bits per heavy atom. The molecule has 1 N–H and O–H groups in total. The van der Waals surface area contributed by atoms with Gasteiger partial charge in [-0.2, -0.15) is 0 Å². The van der Waals surface area contributed by atoms with Crippen LogP contribution < -0.4 is 5.32 Å². The number of aryl methyl sites for hydroxylation is 1. The molecular weight excluding hydrogens is 463 g/mol. The van der Waals surface area contributed by atoms with Crippen molar-refractivity contribution in [2.24, 2.45) is 0 Å². The van der Waals surface area contributed by atoms with Crippen molar-refractivity contribution >= 4 is 46.8 Å². The molecule has 0 aliphatic heterocycles. The Hall–Kier alpha value is -1.69. The van der Waals surface area contributed by atoms with Crippen LogP contribution in [0.15, 0.2) is 42.5 Å². The molecule has 32 heavy (non-hydrogen) atoms. The predicted octanol–water partition coefficient (Wildman–Crippen LogP) is 6.01. The Morgan fingerprint density at radius 2 is 1.91 bits per heavy atom. The van der Waals surface area contributed by atoms with Gasteiger partial charge < -0.3 is 10.2 Å². The molecule has 2 aromatic rings. The molecule has 1 aliphatic rings. The van der Waals surface area contributed by atoms with Crippen LogP contribution in [0.1, 0.15) is 49.3 Å².